The largest absolute Gasteiger partial charge is 0.351 e. The van der Waals surface area contributed by atoms with Crippen molar-refractivity contribution in [1.29, 1.82) is 0 Å². The van der Waals surface area contributed by atoms with Gasteiger partial charge in [-0.15, -0.1) is 0 Å². The summed E-state index contributed by atoms with van der Waals surface area (Å²) >= 11 is 3.11. The van der Waals surface area contributed by atoms with Gasteiger partial charge in [0.05, 0.1) is 10.0 Å². The van der Waals surface area contributed by atoms with Gasteiger partial charge < -0.3 is 10.2 Å². The highest BCUT2D eigenvalue weighted by Gasteiger charge is 2.13. The molecular weight excluding hydrogens is 323 g/mol. The Kier molecular flexibility index (Phi) is 5.98. The molecule has 0 saturated carbocycles. The Bertz CT molecular complexity index is 459. The van der Waals surface area contributed by atoms with Crippen LogP contribution < -0.4 is 5.32 Å². The molecule has 1 saturated heterocycles. The van der Waals surface area contributed by atoms with Gasteiger partial charge in [0.15, 0.2) is 0 Å². The second-order valence-electron chi connectivity index (χ2n) is 5.11. The molecular formula is C15H20BrFN2O. The summed E-state index contributed by atoms with van der Waals surface area (Å²) in [5.41, 5.74) is 0.348. The molecule has 0 bridgehead atoms. The Morgan fingerprint density at radius 3 is 2.65 bits per heavy atom. The fourth-order valence-corrected chi connectivity index (χ4v) is 2.91. The molecule has 0 atom stereocenters. The summed E-state index contributed by atoms with van der Waals surface area (Å²) in [5.74, 6) is -0.642. The van der Waals surface area contributed by atoms with Crippen molar-refractivity contribution in [2.24, 2.45) is 0 Å². The van der Waals surface area contributed by atoms with Crippen molar-refractivity contribution >= 4 is 21.8 Å². The van der Waals surface area contributed by atoms with Crippen LogP contribution in [0.2, 0.25) is 0 Å². The third-order valence-corrected chi connectivity index (χ3v) is 4.41. The zero-order valence-corrected chi connectivity index (χ0v) is 13.1. The first-order chi connectivity index (χ1) is 9.68. The van der Waals surface area contributed by atoms with Crippen molar-refractivity contribution in [3.8, 4) is 0 Å². The molecule has 0 unspecified atom stereocenters. The fourth-order valence-electron chi connectivity index (χ4n) is 2.46. The van der Waals surface area contributed by atoms with Crippen molar-refractivity contribution in [3.63, 3.8) is 0 Å². The summed E-state index contributed by atoms with van der Waals surface area (Å²) in [6.07, 6.45) is 5.09. The summed E-state index contributed by atoms with van der Waals surface area (Å²) < 4.78 is 13.6. The highest BCUT2D eigenvalue weighted by atomic mass is 79.9. The van der Waals surface area contributed by atoms with Gasteiger partial charge in [0.2, 0.25) is 0 Å². The lowest BCUT2D eigenvalue weighted by Gasteiger charge is -2.19. The molecule has 110 valence electrons. The molecule has 1 aliphatic rings. The molecule has 0 radical (unpaired) electrons. The molecule has 20 heavy (non-hydrogen) atoms. The minimum atomic E-state index is -0.412. The predicted molar refractivity (Wildman–Crippen MR) is 81.3 cm³/mol. The molecule has 1 N–H and O–H groups in total. The monoisotopic (exact) mass is 342 g/mol. The van der Waals surface area contributed by atoms with E-state index in [1.807, 2.05) is 0 Å². The highest BCUT2D eigenvalue weighted by molar-refractivity contribution is 9.10. The SMILES string of the molecule is O=C(NCCN1CCCCCC1)c1cccc(F)c1Br. The third-order valence-electron chi connectivity index (χ3n) is 3.61. The van der Waals surface area contributed by atoms with Crippen LogP contribution in [-0.2, 0) is 0 Å². The Balaban J connectivity index is 1.81. The van der Waals surface area contributed by atoms with Gasteiger partial charge in [-0.2, -0.15) is 0 Å². The van der Waals surface area contributed by atoms with E-state index in [4.69, 9.17) is 0 Å². The standard InChI is InChI=1S/C15H20BrFN2O/c16-14-12(6-5-7-13(14)17)15(20)18-8-11-19-9-3-1-2-4-10-19/h5-7H,1-4,8-11H2,(H,18,20). The first-order valence-corrected chi connectivity index (χ1v) is 7.92. The number of likely N-dealkylation sites (tertiary alicyclic amines) is 1. The number of carbonyl (C=O) groups is 1. The number of rotatable bonds is 4. The normalized spacial score (nSPS) is 16.7. The Morgan fingerprint density at radius 2 is 1.95 bits per heavy atom. The van der Waals surface area contributed by atoms with E-state index < -0.39 is 5.82 Å². The van der Waals surface area contributed by atoms with Crippen molar-refractivity contribution in [3.05, 3.63) is 34.1 Å². The average molecular weight is 343 g/mol. The first kappa shape index (κ1) is 15.4. The van der Waals surface area contributed by atoms with E-state index >= 15 is 0 Å². The van der Waals surface area contributed by atoms with Crippen molar-refractivity contribution in [2.75, 3.05) is 26.2 Å². The van der Waals surface area contributed by atoms with Gasteiger partial charge in [0, 0.05) is 13.1 Å². The van der Waals surface area contributed by atoms with Crippen LogP contribution in [0.3, 0.4) is 0 Å². The minimum absolute atomic E-state index is 0.229. The van der Waals surface area contributed by atoms with E-state index in [9.17, 15) is 9.18 Å². The molecule has 1 heterocycles. The lowest BCUT2D eigenvalue weighted by atomic mass is 10.2. The maximum absolute atomic E-state index is 13.4. The molecule has 2 rings (SSSR count). The number of hydrogen-bond acceptors (Lipinski definition) is 2. The van der Waals surface area contributed by atoms with Gasteiger partial charge >= 0.3 is 0 Å². The van der Waals surface area contributed by atoms with Gasteiger partial charge in [-0.05, 0) is 54.0 Å². The molecule has 1 amide bonds. The zero-order chi connectivity index (χ0) is 14.4. The summed E-state index contributed by atoms with van der Waals surface area (Å²) in [7, 11) is 0. The Morgan fingerprint density at radius 1 is 1.25 bits per heavy atom. The minimum Gasteiger partial charge on any atom is -0.351 e. The number of hydrogen-bond donors (Lipinski definition) is 1. The maximum atomic E-state index is 13.4. The molecule has 1 aromatic rings. The van der Waals surface area contributed by atoms with Crippen LogP contribution >= 0.6 is 15.9 Å². The molecule has 1 fully saturated rings. The second-order valence-corrected chi connectivity index (χ2v) is 5.91. The van der Waals surface area contributed by atoms with Crippen molar-refractivity contribution in [1.82, 2.24) is 10.2 Å². The van der Waals surface area contributed by atoms with Gasteiger partial charge in [-0.1, -0.05) is 18.9 Å². The molecule has 0 spiro atoms. The van der Waals surface area contributed by atoms with Crippen LogP contribution in [0.15, 0.2) is 22.7 Å². The van der Waals surface area contributed by atoms with E-state index in [-0.39, 0.29) is 10.4 Å². The van der Waals surface area contributed by atoms with Crippen LogP contribution in [0.25, 0.3) is 0 Å². The average Bonchev–Trinajstić information content (AvgIpc) is 2.70. The van der Waals surface area contributed by atoms with E-state index in [2.05, 4.69) is 26.1 Å². The van der Waals surface area contributed by atoms with E-state index in [1.54, 1.807) is 12.1 Å². The Labute approximate surface area is 127 Å². The number of nitrogens with one attached hydrogen (secondary N) is 1. The second kappa shape index (κ2) is 7.74. The molecule has 3 nitrogen and oxygen atoms in total. The van der Waals surface area contributed by atoms with Gasteiger partial charge in [-0.3, -0.25) is 4.79 Å². The number of amides is 1. The number of benzene rings is 1. The fraction of sp³-hybridized carbons (Fsp3) is 0.533. The number of halogens is 2. The smallest absolute Gasteiger partial charge is 0.252 e. The van der Waals surface area contributed by atoms with Crippen molar-refractivity contribution in [2.45, 2.75) is 25.7 Å². The molecule has 1 aliphatic heterocycles. The lowest BCUT2D eigenvalue weighted by molar-refractivity contribution is 0.0947. The lowest BCUT2D eigenvalue weighted by Crippen LogP contribution is -2.35. The summed E-state index contributed by atoms with van der Waals surface area (Å²) in [6, 6.07) is 4.50. The van der Waals surface area contributed by atoms with Crippen LogP contribution in [0.1, 0.15) is 36.0 Å². The number of carbonyl (C=O) groups excluding carboxylic acids is 1. The van der Waals surface area contributed by atoms with Gasteiger partial charge in [-0.25, -0.2) is 4.39 Å². The van der Waals surface area contributed by atoms with Gasteiger partial charge in [0.25, 0.3) is 5.91 Å². The molecule has 5 heteroatoms. The molecule has 0 aliphatic carbocycles. The summed E-state index contributed by atoms with van der Waals surface area (Å²) in [4.78, 5) is 14.4. The van der Waals surface area contributed by atoms with Gasteiger partial charge in [0.1, 0.15) is 5.82 Å². The van der Waals surface area contributed by atoms with Crippen LogP contribution in [0.4, 0.5) is 4.39 Å². The molecule has 1 aromatic carbocycles. The van der Waals surface area contributed by atoms with E-state index in [0.717, 1.165) is 19.6 Å². The summed E-state index contributed by atoms with van der Waals surface area (Å²) in [6.45, 7) is 3.68. The number of nitrogens with zero attached hydrogens (tertiary/aromatic N) is 1. The summed E-state index contributed by atoms with van der Waals surface area (Å²) in [5, 5.41) is 2.86. The maximum Gasteiger partial charge on any atom is 0.252 e. The van der Waals surface area contributed by atoms with Crippen LogP contribution in [0, 0.1) is 5.82 Å². The predicted octanol–water partition coefficient (Wildman–Crippen LogP) is 3.19. The van der Waals surface area contributed by atoms with Crippen LogP contribution in [0.5, 0.6) is 0 Å². The highest BCUT2D eigenvalue weighted by Crippen LogP contribution is 2.20. The topological polar surface area (TPSA) is 32.3 Å². The van der Waals surface area contributed by atoms with E-state index in [0.29, 0.717) is 12.1 Å². The Hall–Kier alpha value is -0.940. The van der Waals surface area contributed by atoms with E-state index in [1.165, 1.54) is 31.7 Å². The van der Waals surface area contributed by atoms with Crippen LogP contribution in [-0.4, -0.2) is 37.0 Å². The first-order valence-electron chi connectivity index (χ1n) is 7.13. The molecule has 0 aromatic heterocycles. The third kappa shape index (κ3) is 4.28. The van der Waals surface area contributed by atoms with Crippen molar-refractivity contribution < 1.29 is 9.18 Å². The zero-order valence-electron chi connectivity index (χ0n) is 11.5. The quantitative estimate of drug-likeness (QED) is 0.911.